The topological polar surface area (TPSA) is 39.7 Å². The molecule has 1 atom stereocenters. The lowest BCUT2D eigenvalue weighted by Gasteiger charge is -2.27. The van der Waals surface area contributed by atoms with E-state index in [1.54, 1.807) is 14.2 Å². The normalized spacial score (nSPS) is 17.0. The second-order valence-corrected chi connectivity index (χ2v) is 5.01. The number of nitrogens with one attached hydrogen (secondary N) is 1. The minimum atomic E-state index is 0.131. The van der Waals surface area contributed by atoms with E-state index in [1.807, 2.05) is 24.3 Å². The van der Waals surface area contributed by atoms with E-state index in [4.69, 9.17) is 14.2 Å². The maximum absolute atomic E-state index is 5.67. The van der Waals surface area contributed by atoms with Crippen molar-refractivity contribution < 1.29 is 14.2 Å². The van der Waals surface area contributed by atoms with Gasteiger partial charge in [-0.05, 0) is 11.1 Å². The molecule has 0 saturated carbocycles. The Morgan fingerprint density at radius 1 is 1.05 bits per heavy atom. The number of methoxy groups -OCH3 is 2. The van der Waals surface area contributed by atoms with Crippen LogP contribution in [0.2, 0.25) is 0 Å². The number of anilines is 1. The second-order valence-electron chi connectivity index (χ2n) is 5.01. The van der Waals surface area contributed by atoms with Crippen LogP contribution in [0.15, 0.2) is 42.5 Å². The summed E-state index contributed by atoms with van der Waals surface area (Å²) in [5.41, 5.74) is 3.47. The minimum absolute atomic E-state index is 0.131. The highest BCUT2D eigenvalue weighted by atomic mass is 16.5. The van der Waals surface area contributed by atoms with E-state index in [2.05, 4.69) is 23.5 Å². The lowest BCUT2D eigenvalue weighted by atomic mass is 9.99. The predicted molar refractivity (Wildman–Crippen MR) is 82.0 cm³/mol. The average molecular weight is 285 g/mol. The van der Waals surface area contributed by atoms with Gasteiger partial charge in [-0.3, -0.25) is 0 Å². The molecule has 0 aromatic heterocycles. The van der Waals surface area contributed by atoms with Crippen molar-refractivity contribution in [2.75, 3.05) is 26.1 Å². The molecule has 0 aliphatic carbocycles. The predicted octanol–water partition coefficient (Wildman–Crippen LogP) is 3.39. The molecule has 1 unspecified atom stereocenters. The Bertz CT molecular complexity index is 605. The van der Waals surface area contributed by atoms with Crippen LogP contribution in [0.3, 0.4) is 0 Å². The quantitative estimate of drug-likeness (QED) is 0.934. The smallest absolute Gasteiger partial charge is 0.124 e. The fourth-order valence-corrected chi connectivity index (χ4v) is 2.59. The van der Waals surface area contributed by atoms with Gasteiger partial charge in [0.15, 0.2) is 0 Å². The summed E-state index contributed by atoms with van der Waals surface area (Å²) in [5.74, 6) is 1.53. The van der Waals surface area contributed by atoms with E-state index in [-0.39, 0.29) is 6.04 Å². The number of fused-ring (bicyclic) bond motifs is 1. The van der Waals surface area contributed by atoms with Gasteiger partial charge >= 0.3 is 0 Å². The molecule has 2 aromatic carbocycles. The molecule has 1 aliphatic rings. The molecule has 0 spiro atoms. The Balaban J connectivity index is 1.87. The van der Waals surface area contributed by atoms with Crippen molar-refractivity contribution in [2.45, 2.75) is 12.6 Å². The maximum Gasteiger partial charge on any atom is 0.124 e. The summed E-state index contributed by atoms with van der Waals surface area (Å²) in [5, 5.41) is 3.50. The third-order valence-electron chi connectivity index (χ3n) is 3.66. The van der Waals surface area contributed by atoms with Gasteiger partial charge in [-0.2, -0.15) is 0 Å². The lowest BCUT2D eigenvalue weighted by molar-refractivity contribution is 0.0970. The third-order valence-corrected chi connectivity index (χ3v) is 3.66. The Kier molecular flexibility index (Phi) is 3.97. The van der Waals surface area contributed by atoms with E-state index in [0.29, 0.717) is 13.2 Å². The molecule has 0 radical (unpaired) electrons. The third kappa shape index (κ3) is 2.95. The zero-order chi connectivity index (χ0) is 14.7. The molecule has 110 valence electrons. The molecule has 0 saturated heterocycles. The average Bonchev–Trinajstić information content (AvgIpc) is 2.55. The van der Waals surface area contributed by atoms with Gasteiger partial charge in [0.25, 0.3) is 0 Å². The van der Waals surface area contributed by atoms with Gasteiger partial charge in [-0.25, -0.2) is 0 Å². The Hall–Kier alpha value is -2.20. The minimum Gasteiger partial charge on any atom is -0.497 e. The monoisotopic (exact) mass is 285 g/mol. The van der Waals surface area contributed by atoms with Crippen molar-refractivity contribution in [3.8, 4) is 11.5 Å². The van der Waals surface area contributed by atoms with E-state index >= 15 is 0 Å². The summed E-state index contributed by atoms with van der Waals surface area (Å²) in [6.07, 6.45) is 0. The molecular formula is C17H19NO3. The molecule has 1 heterocycles. The Morgan fingerprint density at radius 3 is 2.48 bits per heavy atom. The van der Waals surface area contributed by atoms with E-state index < -0.39 is 0 Å². The zero-order valence-corrected chi connectivity index (χ0v) is 12.3. The molecular weight excluding hydrogens is 266 g/mol. The first-order chi connectivity index (χ1) is 10.3. The Morgan fingerprint density at radius 2 is 1.76 bits per heavy atom. The first kappa shape index (κ1) is 13.8. The van der Waals surface area contributed by atoms with Crippen molar-refractivity contribution in [1.82, 2.24) is 0 Å². The van der Waals surface area contributed by atoms with Crippen molar-refractivity contribution in [2.24, 2.45) is 0 Å². The molecule has 0 amide bonds. The first-order valence-corrected chi connectivity index (χ1v) is 6.95. The van der Waals surface area contributed by atoms with Gasteiger partial charge in [0.1, 0.15) is 11.5 Å². The molecule has 1 aliphatic heterocycles. The molecule has 2 aromatic rings. The highest BCUT2D eigenvalue weighted by molar-refractivity contribution is 5.55. The number of ether oxygens (including phenoxy) is 3. The van der Waals surface area contributed by atoms with Crippen LogP contribution in [-0.4, -0.2) is 20.8 Å². The second kappa shape index (κ2) is 6.06. The van der Waals surface area contributed by atoms with E-state index in [9.17, 15) is 0 Å². The summed E-state index contributed by atoms with van der Waals surface area (Å²) >= 11 is 0. The summed E-state index contributed by atoms with van der Waals surface area (Å²) < 4.78 is 16.3. The van der Waals surface area contributed by atoms with Crippen molar-refractivity contribution >= 4 is 5.69 Å². The standard InChI is InChI=1S/C17H19NO3/c1-19-14-7-13(8-15(9-14)20-2)18-17-11-21-10-12-5-3-4-6-16(12)17/h3-9,17-18H,10-11H2,1-2H3. The number of rotatable bonds is 4. The summed E-state index contributed by atoms with van der Waals surface area (Å²) in [4.78, 5) is 0. The van der Waals surface area contributed by atoms with Gasteiger partial charge in [-0.15, -0.1) is 0 Å². The van der Waals surface area contributed by atoms with Gasteiger partial charge < -0.3 is 19.5 Å². The molecule has 0 bridgehead atoms. The maximum atomic E-state index is 5.67. The summed E-state index contributed by atoms with van der Waals surface area (Å²) in [6.45, 7) is 1.33. The van der Waals surface area contributed by atoms with Gasteiger partial charge in [0.05, 0.1) is 33.5 Å². The number of hydrogen-bond acceptors (Lipinski definition) is 4. The molecule has 4 nitrogen and oxygen atoms in total. The van der Waals surface area contributed by atoms with E-state index in [0.717, 1.165) is 17.2 Å². The van der Waals surface area contributed by atoms with Crippen LogP contribution in [0.5, 0.6) is 11.5 Å². The molecule has 3 rings (SSSR count). The van der Waals surface area contributed by atoms with Crippen molar-refractivity contribution in [3.63, 3.8) is 0 Å². The highest BCUT2D eigenvalue weighted by Gasteiger charge is 2.20. The lowest BCUT2D eigenvalue weighted by Crippen LogP contribution is -2.23. The molecule has 0 fully saturated rings. The van der Waals surface area contributed by atoms with Crippen LogP contribution in [-0.2, 0) is 11.3 Å². The number of hydrogen-bond donors (Lipinski definition) is 1. The molecule has 1 N–H and O–H groups in total. The van der Waals surface area contributed by atoms with Crippen LogP contribution < -0.4 is 14.8 Å². The first-order valence-electron chi connectivity index (χ1n) is 6.95. The van der Waals surface area contributed by atoms with Crippen LogP contribution in [0.1, 0.15) is 17.2 Å². The van der Waals surface area contributed by atoms with Crippen LogP contribution in [0, 0.1) is 0 Å². The molecule has 21 heavy (non-hydrogen) atoms. The van der Waals surface area contributed by atoms with Crippen molar-refractivity contribution in [1.29, 1.82) is 0 Å². The summed E-state index contributed by atoms with van der Waals surface area (Å²) in [7, 11) is 3.30. The molecule has 4 heteroatoms. The largest absolute Gasteiger partial charge is 0.497 e. The summed E-state index contributed by atoms with van der Waals surface area (Å²) in [6, 6.07) is 14.3. The SMILES string of the molecule is COc1cc(NC2COCc3ccccc32)cc(OC)c1. The van der Waals surface area contributed by atoms with E-state index in [1.165, 1.54) is 11.1 Å². The highest BCUT2D eigenvalue weighted by Crippen LogP contribution is 2.31. The van der Waals surface area contributed by atoms with Gasteiger partial charge in [-0.1, -0.05) is 24.3 Å². The van der Waals surface area contributed by atoms with Gasteiger partial charge in [0.2, 0.25) is 0 Å². The number of benzene rings is 2. The van der Waals surface area contributed by atoms with Crippen LogP contribution in [0.4, 0.5) is 5.69 Å². The zero-order valence-electron chi connectivity index (χ0n) is 12.3. The Labute approximate surface area is 124 Å². The fraction of sp³-hybridized carbons (Fsp3) is 0.294. The van der Waals surface area contributed by atoms with Crippen molar-refractivity contribution in [3.05, 3.63) is 53.6 Å². The van der Waals surface area contributed by atoms with Crippen LogP contribution >= 0.6 is 0 Å². The van der Waals surface area contributed by atoms with Gasteiger partial charge in [0, 0.05) is 23.9 Å². The fourth-order valence-electron chi connectivity index (χ4n) is 2.59. The van der Waals surface area contributed by atoms with Crippen LogP contribution in [0.25, 0.3) is 0 Å².